The van der Waals surface area contributed by atoms with Crippen LogP contribution < -0.4 is 5.56 Å². The van der Waals surface area contributed by atoms with E-state index in [1.54, 1.807) is 36.5 Å². The number of nitrogens with zero attached hydrogens (tertiary/aromatic N) is 2. The van der Waals surface area contributed by atoms with E-state index in [0.717, 1.165) is 5.56 Å². The normalized spacial score (nSPS) is 10.0. The molecule has 2 rings (SSSR count). The number of benzene rings is 1. The van der Waals surface area contributed by atoms with E-state index in [9.17, 15) is 4.79 Å². The second-order valence-corrected chi connectivity index (χ2v) is 3.93. The molecule has 4 heteroatoms. The Labute approximate surface area is 104 Å². The first-order chi connectivity index (χ1) is 8.74. The fraction of sp³-hybridized carbons (Fsp3) is 0.143. The maximum atomic E-state index is 11.6. The van der Waals surface area contributed by atoms with Crippen LogP contribution in [-0.4, -0.2) is 9.67 Å². The Morgan fingerprint density at radius 1 is 1.28 bits per heavy atom. The molecule has 0 radical (unpaired) electrons. The molecular weight excluding hydrogens is 228 g/mol. The molecule has 1 N–H and O–H groups in total. The van der Waals surface area contributed by atoms with Crippen molar-refractivity contribution in [2.45, 2.75) is 13.2 Å². The minimum atomic E-state index is -0.104. The van der Waals surface area contributed by atoms with Crippen LogP contribution in [0.15, 0.2) is 47.4 Å². The van der Waals surface area contributed by atoms with E-state index < -0.39 is 0 Å². The van der Waals surface area contributed by atoms with Gasteiger partial charge in [-0.2, -0.15) is 5.26 Å². The number of hydrogen-bond acceptors (Lipinski definition) is 3. The second-order valence-electron chi connectivity index (χ2n) is 3.93. The lowest BCUT2D eigenvalue weighted by Crippen LogP contribution is -2.18. The van der Waals surface area contributed by atoms with Gasteiger partial charge in [-0.15, -0.1) is 0 Å². The van der Waals surface area contributed by atoms with E-state index in [2.05, 4.69) is 6.07 Å². The maximum Gasteiger partial charge on any atom is 0.250 e. The van der Waals surface area contributed by atoms with Crippen LogP contribution in [0.1, 0.15) is 16.7 Å². The molecule has 1 aromatic carbocycles. The molecule has 0 bridgehead atoms. The summed E-state index contributed by atoms with van der Waals surface area (Å²) in [5.74, 6) is 0. The van der Waals surface area contributed by atoms with Crippen LogP contribution in [0.4, 0.5) is 0 Å². The van der Waals surface area contributed by atoms with E-state index in [0.29, 0.717) is 17.7 Å². The number of rotatable bonds is 3. The third kappa shape index (κ3) is 2.47. The van der Waals surface area contributed by atoms with Crippen LogP contribution in [0.5, 0.6) is 0 Å². The Bertz CT molecular complexity index is 653. The van der Waals surface area contributed by atoms with Crippen molar-refractivity contribution in [2.75, 3.05) is 0 Å². The number of pyridine rings is 1. The lowest BCUT2D eigenvalue weighted by molar-refractivity contribution is 0.282. The molecule has 2 aromatic rings. The van der Waals surface area contributed by atoms with Gasteiger partial charge < -0.3 is 9.67 Å². The molecule has 0 spiro atoms. The van der Waals surface area contributed by atoms with Crippen LogP contribution in [0.25, 0.3) is 0 Å². The lowest BCUT2D eigenvalue weighted by Gasteiger charge is -2.08. The molecular formula is C14H12N2O2. The summed E-state index contributed by atoms with van der Waals surface area (Å²) in [7, 11) is 0. The SMILES string of the molecule is N#Cc1cc(CO)ccc1Cn1ccccc1=O. The fourth-order valence-corrected chi connectivity index (χ4v) is 1.74. The Hall–Kier alpha value is -2.38. The molecule has 0 aliphatic carbocycles. The van der Waals surface area contributed by atoms with Gasteiger partial charge in [0, 0.05) is 12.3 Å². The monoisotopic (exact) mass is 240 g/mol. The molecule has 0 fully saturated rings. The van der Waals surface area contributed by atoms with Gasteiger partial charge in [0.1, 0.15) is 0 Å². The van der Waals surface area contributed by atoms with E-state index in [1.807, 2.05) is 0 Å². The van der Waals surface area contributed by atoms with Gasteiger partial charge in [0.2, 0.25) is 0 Å². The first-order valence-corrected chi connectivity index (χ1v) is 5.53. The molecule has 0 saturated carbocycles. The van der Waals surface area contributed by atoms with Crippen LogP contribution in [0.2, 0.25) is 0 Å². The van der Waals surface area contributed by atoms with Gasteiger partial charge in [-0.25, -0.2) is 0 Å². The molecule has 0 aliphatic rings. The van der Waals surface area contributed by atoms with Crippen molar-refractivity contribution in [1.82, 2.24) is 4.57 Å². The third-order valence-electron chi connectivity index (χ3n) is 2.72. The van der Waals surface area contributed by atoms with Crippen LogP contribution in [0, 0.1) is 11.3 Å². The van der Waals surface area contributed by atoms with Gasteiger partial charge in [-0.05, 0) is 23.3 Å². The summed E-state index contributed by atoms with van der Waals surface area (Å²) in [6, 6.07) is 12.2. The Balaban J connectivity index is 2.39. The Morgan fingerprint density at radius 3 is 2.78 bits per heavy atom. The average molecular weight is 240 g/mol. The largest absolute Gasteiger partial charge is 0.392 e. The summed E-state index contributed by atoms with van der Waals surface area (Å²) in [5, 5.41) is 18.1. The molecule has 0 unspecified atom stereocenters. The van der Waals surface area contributed by atoms with Crippen LogP contribution in [-0.2, 0) is 13.2 Å². The average Bonchev–Trinajstić information content (AvgIpc) is 2.41. The van der Waals surface area contributed by atoms with Crippen molar-refractivity contribution in [3.63, 3.8) is 0 Å². The second kappa shape index (κ2) is 5.30. The Morgan fingerprint density at radius 2 is 2.11 bits per heavy atom. The Kier molecular flexibility index (Phi) is 3.56. The van der Waals surface area contributed by atoms with Crippen molar-refractivity contribution in [2.24, 2.45) is 0 Å². The topological polar surface area (TPSA) is 66.0 Å². The van der Waals surface area contributed by atoms with E-state index in [1.165, 1.54) is 10.6 Å². The van der Waals surface area contributed by atoms with Crippen molar-refractivity contribution < 1.29 is 5.11 Å². The molecule has 1 aromatic heterocycles. The van der Waals surface area contributed by atoms with Gasteiger partial charge in [0.05, 0.1) is 24.8 Å². The number of aliphatic hydroxyl groups is 1. The predicted molar refractivity (Wildman–Crippen MR) is 66.9 cm³/mol. The third-order valence-corrected chi connectivity index (χ3v) is 2.72. The molecule has 90 valence electrons. The first-order valence-electron chi connectivity index (χ1n) is 5.53. The smallest absolute Gasteiger partial charge is 0.250 e. The highest BCUT2D eigenvalue weighted by Crippen LogP contribution is 2.12. The van der Waals surface area contributed by atoms with Crippen molar-refractivity contribution in [3.8, 4) is 6.07 Å². The lowest BCUT2D eigenvalue weighted by atomic mass is 10.0. The van der Waals surface area contributed by atoms with E-state index >= 15 is 0 Å². The molecule has 18 heavy (non-hydrogen) atoms. The van der Waals surface area contributed by atoms with Gasteiger partial charge in [0.25, 0.3) is 5.56 Å². The molecule has 0 saturated heterocycles. The van der Waals surface area contributed by atoms with Crippen molar-refractivity contribution in [3.05, 3.63) is 69.6 Å². The van der Waals surface area contributed by atoms with Crippen molar-refractivity contribution in [1.29, 1.82) is 5.26 Å². The zero-order chi connectivity index (χ0) is 13.0. The van der Waals surface area contributed by atoms with Gasteiger partial charge in [0.15, 0.2) is 0 Å². The predicted octanol–water partition coefficient (Wildman–Crippen LogP) is 1.26. The maximum absolute atomic E-state index is 11.6. The number of hydrogen-bond donors (Lipinski definition) is 1. The molecule has 1 heterocycles. The van der Waals surface area contributed by atoms with Gasteiger partial charge in [-0.3, -0.25) is 4.79 Å². The summed E-state index contributed by atoms with van der Waals surface area (Å²) < 4.78 is 1.54. The van der Waals surface area contributed by atoms with E-state index in [-0.39, 0.29) is 12.2 Å². The molecule has 4 nitrogen and oxygen atoms in total. The summed E-state index contributed by atoms with van der Waals surface area (Å²) in [5.41, 5.74) is 1.84. The number of aromatic nitrogens is 1. The summed E-state index contributed by atoms with van der Waals surface area (Å²) >= 11 is 0. The zero-order valence-electron chi connectivity index (χ0n) is 9.71. The minimum Gasteiger partial charge on any atom is -0.392 e. The van der Waals surface area contributed by atoms with E-state index in [4.69, 9.17) is 10.4 Å². The molecule has 0 amide bonds. The van der Waals surface area contributed by atoms with Crippen LogP contribution >= 0.6 is 0 Å². The number of nitriles is 1. The summed E-state index contributed by atoms with van der Waals surface area (Å²) in [6.07, 6.45) is 1.68. The molecule has 0 aliphatic heterocycles. The standard InChI is InChI=1S/C14H12N2O2/c15-8-13-7-11(10-17)4-5-12(13)9-16-6-2-1-3-14(16)18/h1-7,17H,9-10H2. The van der Waals surface area contributed by atoms with Gasteiger partial charge >= 0.3 is 0 Å². The quantitative estimate of drug-likeness (QED) is 0.878. The zero-order valence-corrected chi connectivity index (χ0v) is 9.71. The highest BCUT2D eigenvalue weighted by molar-refractivity contribution is 5.40. The minimum absolute atomic E-state index is 0.0970. The van der Waals surface area contributed by atoms with Crippen LogP contribution in [0.3, 0.4) is 0 Å². The highest BCUT2D eigenvalue weighted by atomic mass is 16.3. The van der Waals surface area contributed by atoms with Gasteiger partial charge in [-0.1, -0.05) is 18.2 Å². The summed E-state index contributed by atoms with van der Waals surface area (Å²) in [4.78, 5) is 11.6. The summed E-state index contributed by atoms with van der Waals surface area (Å²) in [6.45, 7) is 0.258. The van der Waals surface area contributed by atoms with Crippen molar-refractivity contribution >= 4 is 0 Å². The fourth-order valence-electron chi connectivity index (χ4n) is 1.74. The first kappa shape index (κ1) is 12.1. The highest BCUT2D eigenvalue weighted by Gasteiger charge is 2.05. The molecule has 0 atom stereocenters. The number of aliphatic hydroxyl groups excluding tert-OH is 1.